The zero-order valence-corrected chi connectivity index (χ0v) is 9.61. The molecule has 0 saturated carbocycles. The van der Waals surface area contributed by atoms with E-state index in [0.29, 0.717) is 0 Å². The van der Waals surface area contributed by atoms with Gasteiger partial charge in [-0.2, -0.15) is 0 Å². The van der Waals surface area contributed by atoms with Gasteiger partial charge in [0.15, 0.2) is 0 Å². The highest BCUT2D eigenvalue weighted by Gasteiger charge is 1.97. The molecule has 0 radical (unpaired) electrons. The molecule has 1 atom stereocenters. The van der Waals surface area contributed by atoms with Gasteiger partial charge in [-0.25, -0.2) is 0 Å². The van der Waals surface area contributed by atoms with Crippen molar-refractivity contribution in [1.82, 2.24) is 0 Å². The van der Waals surface area contributed by atoms with E-state index >= 15 is 0 Å². The van der Waals surface area contributed by atoms with Gasteiger partial charge in [0, 0.05) is 0 Å². The van der Waals surface area contributed by atoms with Crippen LogP contribution in [-0.4, -0.2) is 11.2 Å². The summed E-state index contributed by atoms with van der Waals surface area (Å²) in [6.45, 7) is 4.21. The highest BCUT2D eigenvalue weighted by molar-refractivity contribution is 5.50. The molecule has 82 valence electrons. The second kappa shape index (κ2) is 6.41. The number of hydrogen-bond acceptors (Lipinski definition) is 1. The van der Waals surface area contributed by atoms with Gasteiger partial charge in [-0.3, -0.25) is 0 Å². The molecule has 1 rings (SSSR count). The zero-order valence-electron chi connectivity index (χ0n) is 9.61. The van der Waals surface area contributed by atoms with Gasteiger partial charge in [0.05, 0.1) is 6.10 Å². The smallest absolute Gasteiger partial charge is 0.0724 e. The van der Waals surface area contributed by atoms with E-state index in [1.807, 2.05) is 18.2 Å². The molecule has 0 saturated heterocycles. The monoisotopic (exact) mass is 204 g/mol. The standard InChI is InChI=1S/C14H20O/c1-3-4-8-14(15)10-9-13-7-5-6-12(2)11-13/h5-7,9-11,14-15H,3-4,8H2,1-2H3/b10-9+. The summed E-state index contributed by atoms with van der Waals surface area (Å²) in [4.78, 5) is 0. The van der Waals surface area contributed by atoms with Crippen LogP contribution in [-0.2, 0) is 0 Å². The molecule has 0 amide bonds. The first-order valence-corrected chi connectivity index (χ1v) is 5.65. The Bertz CT molecular complexity index is 315. The van der Waals surface area contributed by atoms with Gasteiger partial charge in [-0.05, 0) is 18.9 Å². The predicted octanol–water partition coefficient (Wildman–Crippen LogP) is 3.56. The van der Waals surface area contributed by atoms with Crippen molar-refractivity contribution in [1.29, 1.82) is 0 Å². The Kier molecular flexibility index (Phi) is 5.13. The molecule has 0 heterocycles. The molecule has 0 fully saturated rings. The van der Waals surface area contributed by atoms with Crippen LogP contribution in [0.3, 0.4) is 0 Å². The minimum absolute atomic E-state index is 0.300. The topological polar surface area (TPSA) is 20.2 Å². The summed E-state index contributed by atoms with van der Waals surface area (Å²) >= 11 is 0. The molecule has 0 aliphatic carbocycles. The maximum atomic E-state index is 9.62. The summed E-state index contributed by atoms with van der Waals surface area (Å²) in [6.07, 6.45) is 6.65. The second-order valence-corrected chi connectivity index (χ2v) is 3.98. The molecule has 1 heteroatoms. The second-order valence-electron chi connectivity index (χ2n) is 3.98. The van der Waals surface area contributed by atoms with Gasteiger partial charge in [-0.1, -0.05) is 61.7 Å². The highest BCUT2D eigenvalue weighted by Crippen LogP contribution is 2.08. The zero-order chi connectivity index (χ0) is 11.1. The van der Waals surface area contributed by atoms with Crippen LogP contribution in [0.25, 0.3) is 6.08 Å². The van der Waals surface area contributed by atoms with Gasteiger partial charge in [0.25, 0.3) is 0 Å². The first kappa shape index (κ1) is 12.0. The van der Waals surface area contributed by atoms with Crippen molar-refractivity contribution in [2.75, 3.05) is 0 Å². The van der Waals surface area contributed by atoms with Crippen LogP contribution >= 0.6 is 0 Å². The Morgan fingerprint density at radius 1 is 1.40 bits per heavy atom. The molecule has 0 spiro atoms. The minimum atomic E-state index is -0.300. The number of benzene rings is 1. The lowest BCUT2D eigenvalue weighted by molar-refractivity contribution is 0.210. The SMILES string of the molecule is CCCCC(O)/C=C/c1cccc(C)c1. The van der Waals surface area contributed by atoms with E-state index in [1.54, 1.807) is 0 Å². The van der Waals surface area contributed by atoms with E-state index in [1.165, 1.54) is 5.56 Å². The normalized spacial score (nSPS) is 13.3. The lowest BCUT2D eigenvalue weighted by Gasteiger charge is -2.03. The van der Waals surface area contributed by atoms with Crippen LogP contribution in [0.15, 0.2) is 30.3 Å². The van der Waals surface area contributed by atoms with Gasteiger partial charge < -0.3 is 5.11 Å². The number of rotatable bonds is 5. The summed E-state index contributed by atoms with van der Waals surface area (Å²) in [6, 6.07) is 8.28. The van der Waals surface area contributed by atoms with Crippen LogP contribution < -0.4 is 0 Å². The van der Waals surface area contributed by atoms with Crippen molar-refractivity contribution in [2.24, 2.45) is 0 Å². The Labute approximate surface area is 92.5 Å². The predicted molar refractivity (Wildman–Crippen MR) is 65.7 cm³/mol. The lowest BCUT2D eigenvalue weighted by atomic mass is 10.1. The van der Waals surface area contributed by atoms with Crippen molar-refractivity contribution in [3.63, 3.8) is 0 Å². The fraction of sp³-hybridized carbons (Fsp3) is 0.429. The van der Waals surface area contributed by atoms with Gasteiger partial charge in [-0.15, -0.1) is 0 Å². The maximum absolute atomic E-state index is 9.62. The number of aliphatic hydroxyl groups is 1. The van der Waals surface area contributed by atoms with Crippen LogP contribution in [0.4, 0.5) is 0 Å². The number of unbranched alkanes of at least 4 members (excludes halogenated alkanes) is 1. The van der Waals surface area contributed by atoms with E-state index < -0.39 is 0 Å². The molecule has 0 aliphatic heterocycles. The summed E-state index contributed by atoms with van der Waals surface area (Å²) < 4.78 is 0. The van der Waals surface area contributed by atoms with Gasteiger partial charge in [0.1, 0.15) is 0 Å². The average molecular weight is 204 g/mol. The quantitative estimate of drug-likeness (QED) is 0.777. The van der Waals surface area contributed by atoms with E-state index in [4.69, 9.17) is 0 Å². The lowest BCUT2D eigenvalue weighted by Crippen LogP contribution is -2.00. The van der Waals surface area contributed by atoms with Crippen molar-refractivity contribution in [3.05, 3.63) is 41.5 Å². The molecule has 1 N–H and O–H groups in total. The molecule has 0 bridgehead atoms. The fourth-order valence-electron chi connectivity index (χ4n) is 1.51. The molecule has 1 aromatic carbocycles. The van der Waals surface area contributed by atoms with Crippen molar-refractivity contribution in [2.45, 2.75) is 39.2 Å². The number of aryl methyl sites for hydroxylation is 1. The third-order valence-electron chi connectivity index (χ3n) is 2.41. The van der Waals surface area contributed by atoms with Crippen molar-refractivity contribution < 1.29 is 5.11 Å². The van der Waals surface area contributed by atoms with Crippen molar-refractivity contribution in [3.8, 4) is 0 Å². The number of aliphatic hydroxyl groups excluding tert-OH is 1. The molecular weight excluding hydrogens is 184 g/mol. The van der Waals surface area contributed by atoms with Gasteiger partial charge >= 0.3 is 0 Å². The minimum Gasteiger partial charge on any atom is -0.389 e. The third kappa shape index (κ3) is 4.80. The van der Waals surface area contributed by atoms with Crippen molar-refractivity contribution >= 4 is 6.08 Å². The molecule has 1 unspecified atom stereocenters. The Morgan fingerprint density at radius 3 is 2.87 bits per heavy atom. The Morgan fingerprint density at radius 2 is 2.20 bits per heavy atom. The Balaban J connectivity index is 2.49. The van der Waals surface area contributed by atoms with Crippen LogP contribution in [0, 0.1) is 6.92 Å². The van der Waals surface area contributed by atoms with E-state index in [2.05, 4.69) is 32.0 Å². The molecule has 15 heavy (non-hydrogen) atoms. The largest absolute Gasteiger partial charge is 0.389 e. The maximum Gasteiger partial charge on any atom is 0.0724 e. The van der Waals surface area contributed by atoms with Crippen LogP contribution in [0.5, 0.6) is 0 Å². The fourth-order valence-corrected chi connectivity index (χ4v) is 1.51. The molecule has 0 aliphatic rings. The van der Waals surface area contributed by atoms with Crippen LogP contribution in [0.1, 0.15) is 37.3 Å². The molecule has 1 nitrogen and oxygen atoms in total. The average Bonchev–Trinajstić information content (AvgIpc) is 2.23. The highest BCUT2D eigenvalue weighted by atomic mass is 16.3. The number of hydrogen-bond donors (Lipinski definition) is 1. The van der Waals surface area contributed by atoms with E-state index in [-0.39, 0.29) is 6.10 Å². The first-order chi connectivity index (χ1) is 7.22. The summed E-state index contributed by atoms with van der Waals surface area (Å²) in [5.74, 6) is 0. The third-order valence-corrected chi connectivity index (χ3v) is 2.41. The molecular formula is C14H20O. The summed E-state index contributed by atoms with van der Waals surface area (Å²) in [7, 11) is 0. The Hall–Kier alpha value is -1.08. The molecule has 1 aromatic rings. The van der Waals surface area contributed by atoms with E-state index in [9.17, 15) is 5.11 Å². The van der Waals surface area contributed by atoms with Crippen LogP contribution in [0.2, 0.25) is 0 Å². The first-order valence-electron chi connectivity index (χ1n) is 5.65. The van der Waals surface area contributed by atoms with Gasteiger partial charge in [0.2, 0.25) is 0 Å². The van der Waals surface area contributed by atoms with E-state index in [0.717, 1.165) is 24.8 Å². The summed E-state index contributed by atoms with van der Waals surface area (Å²) in [5, 5.41) is 9.62. The summed E-state index contributed by atoms with van der Waals surface area (Å²) in [5.41, 5.74) is 2.41. The molecule has 0 aromatic heterocycles.